The first kappa shape index (κ1) is 13.0. The van der Waals surface area contributed by atoms with Gasteiger partial charge >= 0.3 is 11.7 Å². The molecule has 0 spiro atoms. The van der Waals surface area contributed by atoms with E-state index in [9.17, 15) is 19.2 Å². The Balaban J connectivity index is 2.10. The highest BCUT2D eigenvalue weighted by Crippen LogP contribution is 2.16. The van der Waals surface area contributed by atoms with Crippen molar-refractivity contribution in [1.82, 2.24) is 19.5 Å². The van der Waals surface area contributed by atoms with Gasteiger partial charge in [-0.15, -0.1) is 5.10 Å². The lowest BCUT2D eigenvalue weighted by Crippen LogP contribution is -2.44. The van der Waals surface area contributed by atoms with Crippen LogP contribution in [0.4, 0.5) is 0 Å². The van der Waals surface area contributed by atoms with E-state index in [0.29, 0.717) is 0 Å². The van der Waals surface area contributed by atoms with Crippen molar-refractivity contribution in [2.45, 2.75) is 18.9 Å². The van der Waals surface area contributed by atoms with Crippen molar-refractivity contribution in [3.63, 3.8) is 0 Å². The molecule has 2 amide bonds. The van der Waals surface area contributed by atoms with E-state index in [4.69, 9.17) is 5.11 Å². The molecule has 1 fully saturated rings. The molecule has 9 heteroatoms. The summed E-state index contributed by atoms with van der Waals surface area (Å²) in [6.45, 7) is 0. The van der Waals surface area contributed by atoms with Gasteiger partial charge in [-0.25, -0.2) is 14.0 Å². The Labute approximate surface area is 116 Å². The summed E-state index contributed by atoms with van der Waals surface area (Å²) in [5.74, 6) is -2.14. The lowest BCUT2D eigenvalue weighted by molar-refractivity contribution is -0.136. The van der Waals surface area contributed by atoms with Gasteiger partial charge in [0.25, 0.3) is 5.91 Å². The van der Waals surface area contributed by atoms with Gasteiger partial charge in [0.1, 0.15) is 6.04 Å². The molecule has 0 radical (unpaired) electrons. The maximum atomic E-state index is 12.2. The van der Waals surface area contributed by atoms with Gasteiger partial charge in [-0.1, -0.05) is 0 Å². The van der Waals surface area contributed by atoms with E-state index in [1.807, 2.05) is 0 Å². The van der Waals surface area contributed by atoms with Crippen LogP contribution in [0.5, 0.6) is 0 Å². The average molecular weight is 290 g/mol. The van der Waals surface area contributed by atoms with Crippen molar-refractivity contribution >= 4 is 23.4 Å². The van der Waals surface area contributed by atoms with Gasteiger partial charge in [0, 0.05) is 12.6 Å². The van der Waals surface area contributed by atoms with E-state index >= 15 is 0 Å². The van der Waals surface area contributed by atoms with Gasteiger partial charge in [0.2, 0.25) is 5.91 Å². The number of aromatic nitrogens is 3. The van der Waals surface area contributed by atoms with Crippen molar-refractivity contribution in [3.8, 4) is 0 Å². The third-order valence-corrected chi connectivity index (χ3v) is 3.29. The van der Waals surface area contributed by atoms with E-state index < -0.39 is 23.6 Å². The molecule has 0 saturated carbocycles. The molecule has 1 aliphatic heterocycles. The molecule has 1 atom stereocenters. The molecule has 0 aliphatic carbocycles. The summed E-state index contributed by atoms with van der Waals surface area (Å²) in [7, 11) is 0. The smallest absolute Gasteiger partial charge is 0.351 e. The molecule has 0 bridgehead atoms. The minimum atomic E-state index is -1.17. The van der Waals surface area contributed by atoms with E-state index in [2.05, 4.69) is 10.4 Å². The second-order valence-electron chi connectivity index (χ2n) is 4.65. The van der Waals surface area contributed by atoms with Crippen LogP contribution < -0.4 is 11.0 Å². The Hall–Kier alpha value is -2.97. The summed E-state index contributed by atoms with van der Waals surface area (Å²) in [5, 5.41) is 15.1. The monoisotopic (exact) mass is 290 g/mol. The van der Waals surface area contributed by atoms with Crippen LogP contribution in [0, 0.1) is 0 Å². The summed E-state index contributed by atoms with van der Waals surface area (Å²) in [6, 6.07) is 1.83. The van der Waals surface area contributed by atoms with Crippen LogP contribution in [0.25, 0.3) is 5.65 Å². The SMILES string of the molecule is O=C1CCC(n2nc3ccc(C(=O)O)cn3c2=O)C(=O)N1. The van der Waals surface area contributed by atoms with Crippen LogP contribution in [0.1, 0.15) is 29.2 Å². The zero-order chi connectivity index (χ0) is 15.1. The van der Waals surface area contributed by atoms with E-state index in [1.54, 1.807) is 0 Å². The number of imide groups is 1. The number of nitrogens with zero attached hydrogens (tertiary/aromatic N) is 3. The highest BCUT2D eigenvalue weighted by Gasteiger charge is 2.30. The number of carbonyl (C=O) groups is 3. The molecule has 108 valence electrons. The molecule has 3 heterocycles. The number of aromatic carboxylic acids is 1. The molecule has 3 rings (SSSR count). The molecular weight excluding hydrogens is 280 g/mol. The van der Waals surface area contributed by atoms with Crippen LogP contribution in [0.15, 0.2) is 23.1 Å². The standard InChI is InChI=1S/C12H10N4O5/c17-9-4-2-7(10(18)13-9)16-12(21)15-5-6(11(19)20)1-3-8(15)14-16/h1,3,5,7H,2,4H2,(H,19,20)(H,13,17,18). The molecule has 1 aliphatic rings. The molecule has 21 heavy (non-hydrogen) atoms. The number of amides is 2. The van der Waals surface area contributed by atoms with E-state index in [1.165, 1.54) is 12.1 Å². The fourth-order valence-electron chi connectivity index (χ4n) is 2.24. The number of fused-ring (bicyclic) bond motifs is 1. The van der Waals surface area contributed by atoms with Crippen molar-refractivity contribution in [3.05, 3.63) is 34.4 Å². The first-order valence-corrected chi connectivity index (χ1v) is 6.15. The van der Waals surface area contributed by atoms with Gasteiger partial charge in [0.15, 0.2) is 5.65 Å². The number of piperidine rings is 1. The van der Waals surface area contributed by atoms with Crippen LogP contribution in [-0.4, -0.2) is 37.1 Å². The Morgan fingerprint density at radius 1 is 1.33 bits per heavy atom. The van der Waals surface area contributed by atoms with Gasteiger partial charge in [-0.05, 0) is 18.6 Å². The molecule has 1 unspecified atom stereocenters. The number of rotatable bonds is 2. The van der Waals surface area contributed by atoms with Crippen LogP contribution in [-0.2, 0) is 9.59 Å². The highest BCUT2D eigenvalue weighted by atomic mass is 16.4. The highest BCUT2D eigenvalue weighted by molar-refractivity contribution is 5.99. The van der Waals surface area contributed by atoms with Gasteiger partial charge in [-0.3, -0.25) is 14.9 Å². The average Bonchev–Trinajstić information content (AvgIpc) is 2.75. The van der Waals surface area contributed by atoms with Crippen molar-refractivity contribution in [2.24, 2.45) is 0 Å². The topological polar surface area (TPSA) is 123 Å². The zero-order valence-electron chi connectivity index (χ0n) is 10.6. The number of carboxylic acid groups (broad SMARTS) is 1. The predicted octanol–water partition coefficient (Wildman–Crippen LogP) is -0.828. The van der Waals surface area contributed by atoms with Gasteiger partial charge in [-0.2, -0.15) is 4.68 Å². The molecule has 1 saturated heterocycles. The second-order valence-corrected chi connectivity index (χ2v) is 4.65. The number of carbonyl (C=O) groups excluding carboxylic acids is 2. The Kier molecular flexibility index (Phi) is 2.82. The number of nitrogens with one attached hydrogen (secondary N) is 1. The molecule has 2 aromatic heterocycles. The summed E-state index contributed by atoms with van der Waals surface area (Å²) < 4.78 is 2.04. The number of carboxylic acids is 1. The molecular formula is C12H10N4O5. The number of hydrogen-bond donors (Lipinski definition) is 2. The Bertz CT molecular complexity index is 834. The predicted molar refractivity (Wildman–Crippen MR) is 67.8 cm³/mol. The maximum Gasteiger partial charge on any atom is 0.351 e. The lowest BCUT2D eigenvalue weighted by atomic mass is 10.1. The maximum absolute atomic E-state index is 12.2. The van der Waals surface area contributed by atoms with Crippen LogP contribution >= 0.6 is 0 Å². The molecule has 2 aromatic rings. The molecule has 0 aromatic carbocycles. The fraction of sp³-hybridized carbons (Fsp3) is 0.250. The Morgan fingerprint density at radius 3 is 2.76 bits per heavy atom. The van der Waals surface area contributed by atoms with Crippen molar-refractivity contribution in [2.75, 3.05) is 0 Å². The van der Waals surface area contributed by atoms with E-state index in [-0.39, 0.29) is 30.0 Å². The minimum absolute atomic E-state index is 0.0626. The second kappa shape index (κ2) is 4.54. The van der Waals surface area contributed by atoms with E-state index in [0.717, 1.165) is 15.3 Å². The van der Waals surface area contributed by atoms with Crippen molar-refractivity contribution < 1.29 is 19.5 Å². The summed E-state index contributed by atoms with van der Waals surface area (Å²) in [6.07, 6.45) is 1.45. The van der Waals surface area contributed by atoms with Crippen molar-refractivity contribution in [1.29, 1.82) is 0 Å². The van der Waals surface area contributed by atoms with Gasteiger partial charge < -0.3 is 5.11 Å². The van der Waals surface area contributed by atoms with Crippen LogP contribution in [0.3, 0.4) is 0 Å². The largest absolute Gasteiger partial charge is 0.478 e. The minimum Gasteiger partial charge on any atom is -0.478 e. The zero-order valence-corrected chi connectivity index (χ0v) is 10.6. The Morgan fingerprint density at radius 2 is 2.10 bits per heavy atom. The van der Waals surface area contributed by atoms with Crippen LogP contribution in [0.2, 0.25) is 0 Å². The quantitative estimate of drug-likeness (QED) is 0.696. The molecule has 2 N–H and O–H groups in total. The summed E-state index contributed by atoms with van der Waals surface area (Å²) >= 11 is 0. The third-order valence-electron chi connectivity index (χ3n) is 3.29. The summed E-state index contributed by atoms with van der Waals surface area (Å²) in [4.78, 5) is 46.0. The first-order valence-electron chi connectivity index (χ1n) is 6.15. The number of pyridine rings is 1. The molecule has 9 nitrogen and oxygen atoms in total. The normalized spacial score (nSPS) is 18.8. The third kappa shape index (κ3) is 2.08. The fourth-order valence-corrected chi connectivity index (χ4v) is 2.24. The van der Waals surface area contributed by atoms with Gasteiger partial charge in [0.05, 0.1) is 5.56 Å². The first-order chi connectivity index (χ1) is 9.97. The number of hydrogen-bond acceptors (Lipinski definition) is 5. The lowest BCUT2D eigenvalue weighted by Gasteiger charge is -2.19. The summed E-state index contributed by atoms with van der Waals surface area (Å²) in [5.41, 5.74) is -0.454.